The van der Waals surface area contributed by atoms with Gasteiger partial charge in [0.15, 0.2) is 0 Å². The van der Waals surface area contributed by atoms with Gasteiger partial charge in [-0.1, -0.05) is 12.1 Å². The lowest BCUT2D eigenvalue weighted by atomic mass is 10.2. The molecule has 1 aromatic heterocycles. The fourth-order valence-electron chi connectivity index (χ4n) is 3.23. The van der Waals surface area contributed by atoms with Gasteiger partial charge in [-0.15, -0.1) is 0 Å². The molecule has 1 N–H and O–H groups in total. The zero-order valence-electron chi connectivity index (χ0n) is 17.6. The second kappa shape index (κ2) is 10.7. The summed E-state index contributed by atoms with van der Waals surface area (Å²) < 4.78 is 16.8. The van der Waals surface area contributed by atoms with Crippen LogP contribution in [0.3, 0.4) is 0 Å². The van der Waals surface area contributed by atoms with Gasteiger partial charge < -0.3 is 24.4 Å². The number of hydrogen-bond acceptors (Lipinski definition) is 8. The Balaban J connectivity index is 1.86. The normalized spacial score (nSPS) is 13.7. The van der Waals surface area contributed by atoms with Gasteiger partial charge in [-0.2, -0.15) is 0 Å². The first-order valence-electron chi connectivity index (χ1n) is 10.0. The highest BCUT2D eigenvalue weighted by Crippen LogP contribution is 2.17. The Hall–Kier alpha value is -3.24. The summed E-state index contributed by atoms with van der Waals surface area (Å²) in [4.78, 5) is 44.2. The summed E-state index contributed by atoms with van der Waals surface area (Å²) in [6.07, 6.45) is 0. The van der Waals surface area contributed by atoms with Gasteiger partial charge in [0.1, 0.15) is 6.54 Å². The van der Waals surface area contributed by atoms with Crippen molar-refractivity contribution in [2.75, 3.05) is 50.2 Å². The Morgan fingerprint density at radius 1 is 1.23 bits per heavy atom. The van der Waals surface area contributed by atoms with Crippen LogP contribution in [0.5, 0.6) is 0 Å². The number of esters is 1. The van der Waals surface area contributed by atoms with Gasteiger partial charge in [0.2, 0.25) is 11.9 Å². The fourth-order valence-corrected chi connectivity index (χ4v) is 3.23. The van der Waals surface area contributed by atoms with Crippen LogP contribution >= 0.6 is 0 Å². The number of rotatable bonds is 8. The number of methoxy groups -OCH3 is 1. The number of aromatic nitrogens is 2. The van der Waals surface area contributed by atoms with E-state index in [1.807, 2.05) is 4.90 Å². The van der Waals surface area contributed by atoms with E-state index in [1.54, 1.807) is 31.2 Å². The molecule has 10 nitrogen and oxygen atoms in total. The van der Waals surface area contributed by atoms with Gasteiger partial charge in [-0.05, 0) is 19.1 Å². The summed E-state index contributed by atoms with van der Waals surface area (Å²) in [5.74, 6) is -0.610. The van der Waals surface area contributed by atoms with Crippen molar-refractivity contribution in [1.29, 1.82) is 0 Å². The molecule has 1 amide bonds. The lowest BCUT2D eigenvalue weighted by Gasteiger charge is -2.29. The molecule has 3 rings (SSSR count). The Labute approximate surface area is 179 Å². The van der Waals surface area contributed by atoms with Crippen molar-refractivity contribution < 1.29 is 23.8 Å². The van der Waals surface area contributed by atoms with Crippen LogP contribution < -0.4 is 15.8 Å². The standard InChI is InChI=1S/C21H26N4O6/c1-3-31-20(28)16-6-4-5-7-17(16)23-18(26)13-25-19(27)12-15(14-29-2)22-21(25)24-8-10-30-11-9-24/h4-7,12H,3,8-11,13-14H2,1-2H3,(H,23,26). The summed E-state index contributed by atoms with van der Waals surface area (Å²) in [5, 5.41) is 2.70. The fraction of sp³-hybridized carbons (Fsp3) is 0.429. The maximum atomic E-state index is 12.8. The van der Waals surface area contributed by atoms with Gasteiger partial charge in [-0.25, -0.2) is 9.78 Å². The molecule has 1 aliphatic rings. The molecule has 31 heavy (non-hydrogen) atoms. The molecule has 1 fully saturated rings. The second-order valence-electron chi connectivity index (χ2n) is 6.82. The van der Waals surface area contributed by atoms with Gasteiger partial charge >= 0.3 is 5.97 Å². The van der Waals surface area contributed by atoms with E-state index in [2.05, 4.69) is 10.3 Å². The summed E-state index contributed by atoms with van der Waals surface area (Å²) in [7, 11) is 1.52. The number of morpholine rings is 1. The number of anilines is 2. The first-order valence-corrected chi connectivity index (χ1v) is 10.0. The van der Waals surface area contributed by atoms with Crippen LogP contribution in [-0.4, -0.2) is 61.4 Å². The van der Waals surface area contributed by atoms with Crippen molar-refractivity contribution in [1.82, 2.24) is 9.55 Å². The molecule has 0 spiro atoms. The van der Waals surface area contributed by atoms with Crippen molar-refractivity contribution in [3.63, 3.8) is 0 Å². The summed E-state index contributed by atoms with van der Waals surface area (Å²) in [6, 6.07) is 7.91. The predicted octanol–water partition coefficient (Wildman–Crippen LogP) is 1.04. The third kappa shape index (κ3) is 5.68. The average Bonchev–Trinajstić information content (AvgIpc) is 2.77. The maximum absolute atomic E-state index is 12.8. The van der Waals surface area contributed by atoms with Crippen molar-refractivity contribution in [3.8, 4) is 0 Å². The number of nitrogens with zero attached hydrogens (tertiary/aromatic N) is 3. The van der Waals surface area contributed by atoms with E-state index in [0.29, 0.717) is 43.6 Å². The molecule has 1 aromatic carbocycles. The molecule has 0 unspecified atom stereocenters. The topological polar surface area (TPSA) is 112 Å². The Morgan fingerprint density at radius 2 is 1.97 bits per heavy atom. The molecule has 0 bridgehead atoms. The lowest BCUT2D eigenvalue weighted by molar-refractivity contribution is -0.116. The van der Waals surface area contributed by atoms with Crippen LogP contribution in [0.15, 0.2) is 35.1 Å². The smallest absolute Gasteiger partial charge is 0.340 e. The number of amides is 1. The van der Waals surface area contributed by atoms with Gasteiger partial charge in [0.05, 0.1) is 43.4 Å². The minimum Gasteiger partial charge on any atom is -0.462 e. The van der Waals surface area contributed by atoms with Crippen LogP contribution in [0.2, 0.25) is 0 Å². The van der Waals surface area contributed by atoms with E-state index in [9.17, 15) is 14.4 Å². The Kier molecular flexibility index (Phi) is 7.74. The molecule has 2 heterocycles. The number of benzene rings is 1. The van der Waals surface area contributed by atoms with Crippen molar-refractivity contribution in [3.05, 3.63) is 51.9 Å². The number of hydrogen-bond donors (Lipinski definition) is 1. The Bertz CT molecular complexity index is 984. The number of carbonyl (C=O) groups excluding carboxylic acids is 2. The van der Waals surface area contributed by atoms with Crippen molar-refractivity contribution >= 4 is 23.5 Å². The maximum Gasteiger partial charge on any atom is 0.340 e. The molecule has 166 valence electrons. The Morgan fingerprint density at radius 3 is 2.68 bits per heavy atom. The molecule has 1 saturated heterocycles. The van der Waals surface area contributed by atoms with Crippen molar-refractivity contribution in [2.45, 2.75) is 20.1 Å². The van der Waals surface area contributed by atoms with E-state index in [-0.39, 0.29) is 30.9 Å². The molecule has 0 saturated carbocycles. The highest BCUT2D eigenvalue weighted by Gasteiger charge is 2.21. The highest BCUT2D eigenvalue weighted by molar-refractivity contribution is 6.01. The molecule has 0 atom stereocenters. The monoisotopic (exact) mass is 430 g/mol. The largest absolute Gasteiger partial charge is 0.462 e. The van der Waals surface area contributed by atoms with Gasteiger partial charge in [-0.3, -0.25) is 14.2 Å². The van der Waals surface area contributed by atoms with Crippen LogP contribution in [0.4, 0.5) is 11.6 Å². The third-order valence-electron chi connectivity index (χ3n) is 4.63. The molecule has 0 aliphatic carbocycles. The van der Waals surface area contributed by atoms with E-state index >= 15 is 0 Å². The molecule has 0 radical (unpaired) electrons. The first-order chi connectivity index (χ1) is 15.0. The number of carbonyl (C=O) groups is 2. The average molecular weight is 430 g/mol. The summed E-state index contributed by atoms with van der Waals surface area (Å²) >= 11 is 0. The van der Waals surface area contributed by atoms with Crippen LogP contribution in [0.1, 0.15) is 23.0 Å². The van der Waals surface area contributed by atoms with E-state index in [4.69, 9.17) is 14.2 Å². The van der Waals surface area contributed by atoms with E-state index in [1.165, 1.54) is 17.7 Å². The van der Waals surface area contributed by atoms with E-state index < -0.39 is 11.9 Å². The first kappa shape index (κ1) is 22.4. The van der Waals surface area contributed by atoms with Crippen LogP contribution in [0, 0.1) is 0 Å². The predicted molar refractivity (Wildman–Crippen MR) is 113 cm³/mol. The van der Waals surface area contributed by atoms with Gasteiger partial charge in [0, 0.05) is 26.3 Å². The summed E-state index contributed by atoms with van der Waals surface area (Å²) in [5.41, 5.74) is 0.679. The molecular formula is C21H26N4O6. The SMILES string of the molecule is CCOC(=O)c1ccccc1NC(=O)Cn1c(N2CCOCC2)nc(COC)cc1=O. The lowest BCUT2D eigenvalue weighted by Crippen LogP contribution is -2.42. The molecule has 10 heteroatoms. The zero-order valence-corrected chi connectivity index (χ0v) is 17.6. The quantitative estimate of drug-likeness (QED) is 0.619. The number of para-hydroxylation sites is 1. The summed E-state index contributed by atoms with van der Waals surface area (Å²) in [6.45, 7) is 3.96. The van der Waals surface area contributed by atoms with E-state index in [0.717, 1.165) is 0 Å². The van der Waals surface area contributed by atoms with Gasteiger partial charge in [0.25, 0.3) is 5.56 Å². The number of nitrogens with one attached hydrogen (secondary N) is 1. The highest BCUT2D eigenvalue weighted by atomic mass is 16.5. The third-order valence-corrected chi connectivity index (χ3v) is 4.63. The molecule has 1 aliphatic heterocycles. The second-order valence-corrected chi connectivity index (χ2v) is 6.82. The minimum absolute atomic E-state index is 0.187. The van der Waals surface area contributed by atoms with Crippen LogP contribution in [-0.2, 0) is 32.2 Å². The van der Waals surface area contributed by atoms with Crippen LogP contribution in [0.25, 0.3) is 0 Å². The molecule has 2 aromatic rings. The number of ether oxygens (including phenoxy) is 3. The minimum atomic E-state index is -0.532. The van der Waals surface area contributed by atoms with Crippen molar-refractivity contribution in [2.24, 2.45) is 0 Å². The molecular weight excluding hydrogens is 404 g/mol. The zero-order chi connectivity index (χ0) is 22.2.